The van der Waals surface area contributed by atoms with Crippen LogP contribution in [0, 0.1) is 5.82 Å². The zero-order valence-electron chi connectivity index (χ0n) is 18.1. The lowest BCUT2D eigenvalue weighted by atomic mass is 9.87. The molecule has 2 aromatic carbocycles. The molecule has 0 unspecified atom stereocenters. The maximum Gasteiger partial charge on any atom is 0.333 e. The maximum atomic E-state index is 13.3. The molecule has 30 heavy (non-hydrogen) atoms. The number of aromatic nitrogens is 2. The molecule has 1 aromatic heterocycles. The number of nitrogens with one attached hydrogen (secondary N) is 1. The van der Waals surface area contributed by atoms with E-state index in [9.17, 15) is 14.0 Å². The number of hydrogen-bond donors (Lipinski definition) is 1. The average Bonchev–Trinajstić information content (AvgIpc) is 2.65. The standard InChI is InChI=1S/C24H28FN3O2/c1-16(2)28-22(29)14-21(26-20-12-8-18(9-13-20)24(3,4)5)27(23(28)30)15-17-6-10-19(25)11-7-17/h6-14,16,26H,15H2,1-5H3. The van der Waals surface area contributed by atoms with Gasteiger partial charge >= 0.3 is 5.69 Å². The molecule has 0 saturated heterocycles. The molecular weight excluding hydrogens is 381 g/mol. The van der Waals surface area contributed by atoms with Crippen molar-refractivity contribution in [1.82, 2.24) is 9.13 Å². The van der Waals surface area contributed by atoms with Crippen LogP contribution < -0.4 is 16.6 Å². The van der Waals surface area contributed by atoms with Crippen LogP contribution in [-0.4, -0.2) is 9.13 Å². The molecule has 3 aromatic rings. The third-order valence-corrected chi connectivity index (χ3v) is 5.02. The molecule has 0 saturated carbocycles. The lowest BCUT2D eigenvalue weighted by Crippen LogP contribution is -2.41. The fraction of sp³-hybridized carbons (Fsp3) is 0.333. The molecular formula is C24H28FN3O2. The van der Waals surface area contributed by atoms with Crippen LogP contribution in [0.15, 0.2) is 64.2 Å². The average molecular weight is 410 g/mol. The summed E-state index contributed by atoms with van der Waals surface area (Å²) in [5, 5.41) is 3.21. The van der Waals surface area contributed by atoms with Crippen molar-refractivity contribution >= 4 is 11.5 Å². The largest absolute Gasteiger partial charge is 0.341 e. The first kappa shape index (κ1) is 21.6. The molecule has 3 rings (SSSR count). The maximum absolute atomic E-state index is 13.3. The number of halogens is 1. The van der Waals surface area contributed by atoms with Crippen molar-refractivity contribution in [3.63, 3.8) is 0 Å². The van der Waals surface area contributed by atoms with Crippen molar-refractivity contribution in [3.05, 3.63) is 92.4 Å². The van der Waals surface area contributed by atoms with Gasteiger partial charge in [-0.05, 0) is 54.7 Å². The quantitative estimate of drug-likeness (QED) is 0.657. The number of anilines is 2. The van der Waals surface area contributed by atoms with Crippen molar-refractivity contribution in [2.75, 3.05) is 5.32 Å². The molecule has 0 spiro atoms. The molecule has 0 aliphatic heterocycles. The molecule has 0 amide bonds. The highest BCUT2D eigenvalue weighted by Crippen LogP contribution is 2.24. The Hall–Kier alpha value is -3.15. The van der Waals surface area contributed by atoms with Gasteiger partial charge in [0.15, 0.2) is 0 Å². The Labute approximate surface area is 175 Å². The zero-order valence-corrected chi connectivity index (χ0v) is 18.1. The summed E-state index contributed by atoms with van der Waals surface area (Å²) in [4.78, 5) is 25.7. The normalized spacial score (nSPS) is 11.7. The Balaban J connectivity index is 2.05. The lowest BCUT2D eigenvalue weighted by molar-refractivity contribution is 0.515. The first-order valence-electron chi connectivity index (χ1n) is 10.0. The summed E-state index contributed by atoms with van der Waals surface area (Å²) in [6.07, 6.45) is 0. The second-order valence-electron chi connectivity index (χ2n) is 8.78. The third kappa shape index (κ3) is 4.70. The number of nitrogens with zero attached hydrogens (tertiary/aromatic N) is 2. The molecule has 0 aliphatic rings. The van der Waals surface area contributed by atoms with Gasteiger partial charge < -0.3 is 5.32 Å². The Kier molecular flexibility index (Phi) is 5.97. The summed E-state index contributed by atoms with van der Waals surface area (Å²) < 4.78 is 16.0. The van der Waals surface area contributed by atoms with Crippen molar-refractivity contribution in [1.29, 1.82) is 0 Å². The Morgan fingerprint density at radius 3 is 2.10 bits per heavy atom. The highest BCUT2D eigenvalue weighted by Gasteiger charge is 2.16. The highest BCUT2D eigenvalue weighted by molar-refractivity contribution is 5.57. The van der Waals surface area contributed by atoms with Crippen LogP contribution in [0.2, 0.25) is 0 Å². The molecule has 0 radical (unpaired) electrons. The molecule has 1 N–H and O–H groups in total. The topological polar surface area (TPSA) is 56.0 Å². The van der Waals surface area contributed by atoms with E-state index in [-0.39, 0.29) is 29.4 Å². The molecule has 0 fully saturated rings. The summed E-state index contributed by atoms with van der Waals surface area (Å²) in [5.41, 5.74) is 1.98. The summed E-state index contributed by atoms with van der Waals surface area (Å²) >= 11 is 0. The minimum atomic E-state index is -0.407. The second-order valence-corrected chi connectivity index (χ2v) is 8.78. The van der Waals surface area contributed by atoms with E-state index in [0.29, 0.717) is 5.82 Å². The molecule has 0 aliphatic carbocycles. The number of hydrogen-bond acceptors (Lipinski definition) is 3. The van der Waals surface area contributed by atoms with Gasteiger partial charge in [0, 0.05) is 17.8 Å². The van der Waals surface area contributed by atoms with Crippen molar-refractivity contribution in [2.45, 2.75) is 52.6 Å². The van der Waals surface area contributed by atoms with E-state index >= 15 is 0 Å². The van der Waals surface area contributed by atoms with Crippen LogP contribution in [0.1, 0.15) is 51.8 Å². The van der Waals surface area contributed by atoms with Crippen LogP contribution in [0.25, 0.3) is 0 Å². The molecule has 158 valence electrons. The Morgan fingerprint density at radius 1 is 0.967 bits per heavy atom. The minimum absolute atomic E-state index is 0.0287. The van der Waals surface area contributed by atoms with Gasteiger partial charge in [-0.15, -0.1) is 0 Å². The van der Waals surface area contributed by atoms with Crippen LogP contribution in [0.4, 0.5) is 15.9 Å². The van der Waals surface area contributed by atoms with Gasteiger partial charge in [0.1, 0.15) is 11.6 Å². The molecule has 0 atom stereocenters. The van der Waals surface area contributed by atoms with Gasteiger partial charge in [-0.3, -0.25) is 13.9 Å². The van der Waals surface area contributed by atoms with Crippen LogP contribution in [0.3, 0.4) is 0 Å². The van der Waals surface area contributed by atoms with E-state index in [1.807, 2.05) is 24.3 Å². The van der Waals surface area contributed by atoms with Crippen LogP contribution in [-0.2, 0) is 12.0 Å². The summed E-state index contributed by atoms with van der Waals surface area (Å²) in [5.74, 6) is 0.0604. The van der Waals surface area contributed by atoms with Gasteiger partial charge in [0.2, 0.25) is 0 Å². The Bertz CT molecular complexity index is 1140. The van der Waals surface area contributed by atoms with E-state index in [1.54, 1.807) is 26.0 Å². The minimum Gasteiger partial charge on any atom is -0.341 e. The van der Waals surface area contributed by atoms with Crippen molar-refractivity contribution in [3.8, 4) is 0 Å². The predicted octanol–water partition coefficient (Wildman–Crippen LogP) is 4.82. The first-order valence-corrected chi connectivity index (χ1v) is 10.0. The van der Waals surface area contributed by atoms with Crippen LogP contribution in [0.5, 0.6) is 0 Å². The summed E-state index contributed by atoms with van der Waals surface area (Å²) in [7, 11) is 0. The molecule has 6 heteroatoms. The fourth-order valence-electron chi connectivity index (χ4n) is 3.30. The van der Waals surface area contributed by atoms with Crippen molar-refractivity contribution in [2.24, 2.45) is 0 Å². The van der Waals surface area contributed by atoms with Gasteiger partial charge in [0.25, 0.3) is 5.56 Å². The monoisotopic (exact) mass is 409 g/mol. The highest BCUT2D eigenvalue weighted by atomic mass is 19.1. The summed E-state index contributed by atoms with van der Waals surface area (Å²) in [6, 6.07) is 15.1. The smallest absolute Gasteiger partial charge is 0.333 e. The predicted molar refractivity (Wildman–Crippen MR) is 119 cm³/mol. The number of benzene rings is 2. The lowest BCUT2D eigenvalue weighted by Gasteiger charge is -2.20. The van der Waals surface area contributed by atoms with E-state index in [2.05, 4.69) is 26.1 Å². The van der Waals surface area contributed by atoms with Crippen LogP contribution >= 0.6 is 0 Å². The molecule has 1 heterocycles. The first-order chi connectivity index (χ1) is 14.1. The Morgan fingerprint density at radius 2 is 1.57 bits per heavy atom. The van der Waals surface area contributed by atoms with E-state index in [0.717, 1.165) is 11.3 Å². The summed E-state index contributed by atoms with van der Waals surface area (Å²) in [6.45, 7) is 10.2. The van der Waals surface area contributed by atoms with E-state index in [1.165, 1.54) is 32.9 Å². The van der Waals surface area contributed by atoms with Gasteiger partial charge in [-0.25, -0.2) is 9.18 Å². The van der Waals surface area contributed by atoms with Gasteiger partial charge in [-0.1, -0.05) is 45.0 Å². The van der Waals surface area contributed by atoms with Gasteiger partial charge in [0.05, 0.1) is 6.54 Å². The fourth-order valence-corrected chi connectivity index (χ4v) is 3.30. The third-order valence-electron chi connectivity index (χ3n) is 5.02. The second kappa shape index (κ2) is 8.30. The zero-order chi connectivity index (χ0) is 22.1. The molecule has 5 nitrogen and oxygen atoms in total. The van der Waals surface area contributed by atoms with Gasteiger partial charge in [-0.2, -0.15) is 0 Å². The van der Waals surface area contributed by atoms with E-state index < -0.39 is 5.69 Å². The number of rotatable bonds is 5. The molecule has 0 bridgehead atoms. The van der Waals surface area contributed by atoms with E-state index in [4.69, 9.17) is 0 Å². The SMILES string of the molecule is CC(C)n1c(=O)cc(Nc2ccc(C(C)(C)C)cc2)n(Cc2ccc(F)cc2)c1=O. The van der Waals surface area contributed by atoms with Crippen molar-refractivity contribution < 1.29 is 4.39 Å².